The van der Waals surface area contributed by atoms with Gasteiger partial charge in [-0.05, 0) is 13.0 Å². The van der Waals surface area contributed by atoms with Crippen LogP contribution in [0, 0.1) is 21.4 Å². The van der Waals surface area contributed by atoms with E-state index in [4.69, 9.17) is 31.3 Å². The molecule has 0 aromatic heterocycles. The average molecular weight is 403 g/mol. The summed E-state index contributed by atoms with van der Waals surface area (Å²) in [6.07, 6.45) is 0.00258. The van der Waals surface area contributed by atoms with E-state index < -0.39 is 26.5 Å². The van der Waals surface area contributed by atoms with Gasteiger partial charge in [-0.25, -0.2) is 0 Å². The summed E-state index contributed by atoms with van der Waals surface area (Å²) in [5.74, 6) is 0.513. The van der Waals surface area contributed by atoms with E-state index in [2.05, 4.69) is 0 Å². The zero-order valence-corrected chi connectivity index (χ0v) is 16.4. The van der Waals surface area contributed by atoms with E-state index in [0.717, 1.165) is 0 Å². The number of nitrogens with zero attached hydrogens (tertiary/aromatic N) is 2. The molecule has 10 heteroatoms. The standard InChI is InChI=1S/C17H25N2O7P/c1-13(26-27(4)25-10-5-7-18)14-11-16(23-3)17(12-15(14)19(20)21)24-9-6-8-22-2/h11-13H,5-6,8-10H2,1-4H3/i2TD. The van der Waals surface area contributed by atoms with Crippen LogP contribution in [0.4, 0.5) is 5.69 Å². The van der Waals surface area contributed by atoms with Gasteiger partial charge < -0.3 is 23.3 Å². The van der Waals surface area contributed by atoms with Gasteiger partial charge in [0.2, 0.25) is 0 Å². The summed E-state index contributed by atoms with van der Waals surface area (Å²) in [6, 6.07) is 4.74. The number of ether oxygens (including phenoxy) is 3. The molecule has 0 spiro atoms. The molecule has 0 aliphatic heterocycles. The third kappa shape index (κ3) is 7.65. The van der Waals surface area contributed by atoms with Gasteiger partial charge >= 0.3 is 0 Å². The van der Waals surface area contributed by atoms with Gasteiger partial charge in [-0.15, -0.1) is 0 Å². The summed E-state index contributed by atoms with van der Waals surface area (Å²) in [5.41, 5.74) is 0.134. The molecular formula is C17H25N2O7P. The van der Waals surface area contributed by atoms with Gasteiger partial charge in [0.25, 0.3) is 5.69 Å². The fraction of sp³-hybridized carbons (Fsp3) is 0.588. The van der Waals surface area contributed by atoms with Crippen LogP contribution in [0.5, 0.6) is 11.5 Å². The number of nitro groups is 1. The zero-order valence-electron chi connectivity index (χ0n) is 17.5. The summed E-state index contributed by atoms with van der Waals surface area (Å²) in [4.78, 5) is 11.0. The molecule has 1 aromatic carbocycles. The maximum atomic E-state index is 11.6. The highest BCUT2D eigenvalue weighted by Gasteiger charge is 2.25. The van der Waals surface area contributed by atoms with E-state index in [1.807, 2.05) is 6.07 Å². The Bertz CT molecular complexity index is 703. The highest BCUT2D eigenvalue weighted by Crippen LogP contribution is 2.44. The third-order valence-corrected chi connectivity index (χ3v) is 4.56. The van der Waals surface area contributed by atoms with Crippen LogP contribution in [0.1, 0.15) is 34.2 Å². The van der Waals surface area contributed by atoms with Crippen LogP contribution in [0.25, 0.3) is 0 Å². The summed E-state index contributed by atoms with van der Waals surface area (Å²) in [5, 5.41) is 20.1. The van der Waals surface area contributed by atoms with Crippen molar-refractivity contribution in [3.05, 3.63) is 27.8 Å². The molecule has 3 unspecified atom stereocenters. The first-order chi connectivity index (χ1) is 13.8. The quantitative estimate of drug-likeness (QED) is 0.210. The average Bonchev–Trinajstić information content (AvgIpc) is 2.66. The zero-order chi connectivity index (χ0) is 21.8. The third-order valence-electron chi connectivity index (χ3n) is 3.41. The predicted octanol–water partition coefficient (Wildman–Crippen LogP) is 3.97. The Balaban J connectivity index is 2.90. The Kier molecular flexibility index (Phi) is 9.09. The van der Waals surface area contributed by atoms with Crippen molar-refractivity contribution in [1.82, 2.24) is 0 Å². The minimum absolute atomic E-state index is 0.164. The maximum absolute atomic E-state index is 11.6. The number of benzene rings is 1. The first-order valence-corrected chi connectivity index (χ1v) is 9.78. The molecule has 1 rings (SSSR count). The fourth-order valence-corrected chi connectivity index (χ4v) is 3.14. The van der Waals surface area contributed by atoms with Gasteiger partial charge in [0.05, 0.1) is 58.2 Å². The van der Waals surface area contributed by atoms with Crippen molar-refractivity contribution in [2.45, 2.75) is 25.9 Å². The molecule has 0 amide bonds. The highest BCUT2D eigenvalue weighted by molar-refractivity contribution is 7.46. The monoisotopic (exact) mass is 403 g/mol. The number of hydrogen-bond acceptors (Lipinski definition) is 8. The van der Waals surface area contributed by atoms with Gasteiger partial charge in [-0.3, -0.25) is 10.1 Å². The summed E-state index contributed by atoms with van der Waals surface area (Å²) >= 11 is 0. The molecule has 1 aromatic rings. The van der Waals surface area contributed by atoms with Gasteiger partial charge in [0, 0.05) is 26.8 Å². The Morgan fingerprint density at radius 1 is 1.44 bits per heavy atom. The van der Waals surface area contributed by atoms with Crippen LogP contribution >= 0.6 is 8.38 Å². The minimum Gasteiger partial charge on any atom is -0.493 e. The number of nitro benzene ring substituents is 1. The molecule has 150 valence electrons. The predicted molar refractivity (Wildman–Crippen MR) is 100 cm³/mol. The van der Waals surface area contributed by atoms with E-state index >= 15 is 0 Å². The lowest BCUT2D eigenvalue weighted by Crippen LogP contribution is -2.07. The van der Waals surface area contributed by atoms with Crippen LogP contribution in [0.3, 0.4) is 0 Å². The SMILES string of the molecule is [2H]C([3H])OCCCOc1cc([N+](=O)[O-])c(C(C)OP(C)OCCC#N)cc1OC. The van der Waals surface area contributed by atoms with Crippen molar-refractivity contribution >= 4 is 14.1 Å². The van der Waals surface area contributed by atoms with Crippen molar-refractivity contribution < 1.29 is 30.9 Å². The fourth-order valence-electron chi connectivity index (χ4n) is 2.18. The molecule has 9 nitrogen and oxygen atoms in total. The van der Waals surface area contributed by atoms with Gasteiger partial charge in [0.1, 0.15) is 0 Å². The van der Waals surface area contributed by atoms with Crippen molar-refractivity contribution in [3.8, 4) is 17.6 Å². The van der Waals surface area contributed by atoms with Gasteiger partial charge in [-0.1, -0.05) is 0 Å². The van der Waals surface area contributed by atoms with Gasteiger partial charge in [-0.2, -0.15) is 5.26 Å². The molecule has 27 heavy (non-hydrogen) atoms. The van der Waals surface area contributed by atoms with E-state index in [-0.39, 0.29) is 37.7 Å². The van der Waals surface area contributed by atoms with Crippen LogP contribution in [-0.4, -0.2) is 45.6 Å². The molecule has 0 saturated carbocycles. The molecule has 0 aliphatic rings. The minimum atomic E-state index is -1.36. The summed E-state index contributed by atoms with van der Waals surface area (Å²) in [7, 11) is -1.25. The molecule has 0 radical (unpaired) electrons. The summed E-state index contributed by atoms with van der Waals surface area (Å²) in [6.45, 7) is 3.96. The smallest absolute Gasteiger partial charge is 0.279 e. The molecule has 0 N–H and O–H groups in total. The molecule has 3 atom stereocenters. The highest BCUT2D eigenvalue weighted by atomic mass is 31.2. The topological polar surface area (TPSA) is 113 Å². The van der Waals surface area contributed by atoms with E-state index in [9.17, 15) is 10.1 Å². The molecule has 0 heterocycles. The normalized spacial score (nSPS) is 15.0. The second kappa shape index (κ2) is 12.4. The number of hydrogen-bond donors (Lipinski definition) is 0. The van der Waals surface area contributed by atoms with Crippen molar-refractivity contribution in [1.29, 1.82) is 5.26 Å². The van der Waals surface area contributed by atoms with Crippen molar-refractivity contribution in [2.75, 3.05) is 40.7 Å². The molecule has 0 fully saturated rings. The summed E-state index contributed by atoms with van der Waals surface area (Å²) < 4.78 is 40.7. The Hall–Kier alpha value is -1.98. The number of nitriles is 1. The van der Waals surface area contributed by atoms with Crippen LogP contribution < -0.4 is 9.47 Å². The Morgan fingerprint density at radius 3 is 2.85 bits per heavy atom. The molecule has 0 bridgehead atoms. The first-order valence-electron chi connectivity index (χ1n) is 9.31. The van der Waals surface area contributed by atoms with Crippen LogP contribution in [-0.2, 0) is 13.8 Å². The van der Waals surface area contributed by atoms with E-state index in [0.29, 0.717) is 17.7 Å². The molecule has 0 aliphatic carbocycles. The lowest BCUT2D eigenvalue weighted by Gasteiger charge is -2.20. The number of methoxy groups -OCH3 is 2. The molecule has 0 saturated heterocycles. The first kappa shape index (κ1) is 19.8. The largest absolute Gasteiger partial charge is 0.493 e. The Labute approximate surface area is 163 Å². The second-order valence-corrected chi connectivity index (χ2v) is 6.67. The lowest BCUT2D eigenvalue weighted by atomic mass is 10.1. The van der Waals surface area contributed by atoms with E-state index in [1.165, 1.54) is 19.2 Å². The van der Waals surface area contributed by atoms with Crippen LogP contribution in [0.15, 0.2) is 12.1 Å². The Morgan fingerprint density at radius 2 is 2.22 bits per heavy atom. The molecular weight excluding hydrogens is 375 g/mol. The second-order valence-electron chi connectivity index (χ2n) is 5.32. The number of rotatable bonds is 13. The van der Waals surface area contributed by atoms with Crippen LogP contribution in [0.2, 0.25) is 0 Å². The van der Waals surface area contributed by atoms with Crippen molar-refractivity contribution in [2.24, 2.45) is 0 Å². The van der Waals surface area contributed by atoms with Crippen molar-refractivity contribution in [3.63, 3.8) is 0 Å². The van der Waals surface area contributed by atoms with E-state index in [1.54, 1.807) is 13.6 Å². The van der Waals surface area contributed by atoms with Gasteiger partial charge in [0.15, 0.2) is 19.9 Å². The lowest BCUT2D eigenvalue weighted by molar-refractivity contribution is -0.386. The maximum Gasteiger partial charge on any atom is 0.279 e.